The van der Waals surface area contributed by atoms with Crippen molar-refractivity contribution in [3.63, 3.8) is 0 Å². The number of anilines is 1. The first-order chi connectivity index (χ1) is 11.1. The van der Waals surface area contributed by atoms with Gasteiger partial charge in [0.25, 0.3) is 0 Å². The minimum Gasteiger partial charge on any atom is -0.508 e. The Kier molecular flexibility index (Phi) is 4.19. The van der Waals surface area contributed by atoms with E-state index in [2.05, 4.69) is 0 Å². The van der Waals surface area contributed by atoms with Crippen LogP contribution in [-0.2, 0) is 16.0 Å². The number of carbonyl (C=O) groups excluding carboxylic acids is 1. The molecule has 5 heteroatoms. The predicted molar refractivity (Wildman–Crippen MR) is 84.9 cm³/mol. The van der Waals surface area contributed by atoms with E-state index < -0.39 is 6.04 Å². The molecule has 0 saturated heterocycles. The number of benzene rings is 2. The summed E-state index contributed by atoms with van der Waals surface area (Å²) in [6, 6.07) is 10.5. The Morgan fingerprint density at radius 3 is 2.74 bits per heavy atom. The van der Waals surface area contributed by atoms with Crippen molar-refractivity contribution in [1.82, 2.24) is 0 Å². The number of halogens is 1. The third-order valence-electron chi connectivity index (χ3n) is 4.02. The van der Waals surface area contributed by atoms with E-state index in [4.69, 9.17) is 4.74 Å². The van der Waals surface area contributed by atoms with Gasteiger partial charge in [-0.25, -0.2) is 9.18 Å². The molecule has 1 unspecified atom stereocenters. The van der Waals surface area contributed by atoms with Crippen molar-refractivity contribution in [2.75, 3.05) is 18.1 Å². The van der Waals surface area contributed by atoms with Crippen LogP contribution in [0.1, 0.15) is 24.1 Å². The molecule has 1 aliphatic rings. The SMILES string of the molecule is CCOC(=O)C1c2ccc(O)cc2CCN1c1ccc(F)cc1. The van der Waals surface area contributed by atoms with Crippen LogP contribution in [0.4, 0.5) is 10.1 Å². The molecule has 0 saturated carbocycles. The number of aromatic hydroxyl groups is 1. The Balaban J connectivity index is 2.03. The fraction of sp³-hybridized carbons (Fsp3) is 0.278. The molecule has 1 N–H and O–H groups in total. The zero-order valence-electron chi connectivity index (χ0n) is 12.8. The van der Waals surface area contributed by atoms with E-state index in [1.807, 2.05) is 4.90 Å². The van der Waals surface area contributed by atoms with E-state index in [1.165, 1.54) is 12.1 Å². The maximum absolute atomic E-state index is 13.2. The van der Waals surface area contributed by atoms with Gasteiger partial charge in [0.1, 0.15) is 11.6 Å². The summed E-state index contributed by atoms with van der Waals surface area (Å²) in [6.07, 6.45) is 0.691. The fourth-order valence-corrected chi connectivity index (χ4v) is 3.00. The van der Waals surface area contributed by atoms with Gasteiger partial charge in [-0.2, -0.15) is 0 Å². The molecule has 0 aliphatic carbocycles. The van der Waals surface area contributed by atoms with Crippen LogP contribution in [0.3, 0.4) is 0 Å². The Bertz CT molecular complexity index is 715. The van der Waals surface area contributed by atoms with Crippen LogP contribution in [0.5, 0.6) is 5.75 Å². The number of nitrogens with zero attached hydrogens (tertiary/aromatic N) is 1. The van der Waals surface area contributed by atoms with Crippen LogP contribution >= 0.6 is 0 Å². The Hall–Kier alpha value is -2.56. The lowest BCUT2D eigenvalue weighted by Gasteiger charge is -2.37. The minimum atomic E-state index is -0.593. The summed E-state index contributed by atoms with van der Waals surface area (Å²) in [5.41, 5.74) is 2.52. The molecule has 3 rings (SSSR count). The number of carbonyl (C=O) groups is 1. The zero-order valence-corrected chi connectivity index (χ0v) is 12.8. The molecule has 0 amide bonds. The molecule has 120 valence electrons. The third-order valence-corrected chi connectivity index (χ3v) is 4.02. The molecule has 1 aliphatic heterocycles. The molecule has 2 aromatic rings. The van der Waals surface area contributed by atoms with Crippen LogP contribution < -0.4 is 4.90 Å². The molecular formula is C18H18FNO3. The van der Waals surface area contributed by atoms with Gasteiger partial charge >= 0.3 is 5.97 Å². The number of phenolic OH excluding ortho intramolecular Hbond substituents is 1. The normalized spacial score (nSPS) is 16.8. The highest BCUT2D eigenvalue weighted by Crippen LogP contribution is 2.36. The summed E-state index contributed by atoms with van der Waals surface area (Å²) >= 11 is 0. The first kappa shape index (κ1) is 15.3. The van der Waals surface area contributed by atoms with Gasteiger partial charge in [-0.15, -0.1) is 0 Å². The van der Waals surface area contributed by atoms with E-state index >= 15 is 0 Å². The lowest BCUT2D eigenvalue weighted by atomic mass is 9.91. The molecule has 1 heterocycles. The summed E-state index contributed by atoms with van der Waals surface area (Å²) < 4.78 is 18.4. The minimum absolute atomic E-state index is 0.182. The predicted octanol–water partition coefficient (Wildman–Crippen LogP) is 3.20. The van der Waals surface area contributed by atoms with Gasteiger partial charge in [0.2, 0.25) is 0 Å². The van der Waals surface area contributed by atoms with E-state index in [-0.39, 0.29) is 17.5 Å². The van der Waals surface area contributed by atoms with Crippen LogP contribution in [-0.4, -0.2) is 24.2 Å². The van der Waals surface area contributed by atoms with E-state index in [1.54, 1.807) is 37.3 Å². The molecule has 0 bridgehead atoms. The lowest BCUT2D eigenvalue weighted by Crippen LogP contribution is -2.40. The first-order valence-corrected chi connectivity index (χ1v) is 7.60. The summed E-state index contributed by atoms with van der Waals surface area (Å²) in [6.45, 7) is 2.65. The second kappa shape index (κ2) is 6.28. The highest BCUT2D eigenvalue weighted by Gasteiger charge is 2.34. The van der Waals surface area contributed by atoms with Crippen molar-refractivity contribution < 1.29 is 19.0 Å². The van der Waals surface area contributed by atoms with Gasteiger partial charge in [0.05, 0.1) is 6.61 Å². The number of phenols is 1. The quantitative estimate of drug-likeness (QED) is 0.884. The number of fused-ring (bicyclic) bond motifs is 1. The van der Waals surface area contributed by atoms with Crippen LogP contribution in [0, 0.1) is 5.82 Å². The maximum atomic E-state index is 13.2. The number of hydrogen-bond donors (Lipinski definition) is 1. The van der Waals surface area contributed by atoms with Gasteiger partial charge in [-0.05, 0) is 60.9 Å². The largest absolute Gasteiger partial charge is 0.508 e. The molecule has 23 heavy (non-hydrogen) atoms. The van der Waals surface area contributed by atoms with Gasteiger partial charge in [0, 0.05) is 12.2 Å². The maximum Gasteiger partial charge on any atom is 0.333 e. The molecule has 0 radical (unpaired) electrons. The Labute approximate surface area is 134 Å². The van der Waals surface area contributed by atoms with Gasteiger partial charge in [0.15, 0.2) is 6.04 Å². The lowest BCUT2D eigenvalue weighted by molar-refractivity contribution is -0.145. The second-order valence-electron chi connectivity index (χ2n) is 5.46. The highest BCUT2D eigenvalue weighted by molar-refractivity contribution is 5.83. The van der Waals surface area contributed by atoms with Crippen LogP contribution in [0.15, 0.2) is 42.5 Å². The van der Waals surface area contributed by atoms with Crippen LogP contribution in [0.25, 0.3) is 0 Å². The standard InChI is InChI=1S/C18H18FNO3/c1-2-23-18(22)17-16-8-7-15(21)11-12(16)9-10-20(17)14-5-3-13(19)4-6-14/h3-8,11,17,21H,2,9-10H2,1H3. The van der Waals surface area contributed by atoms with E-state index in [9.17, 15) is 14.3 Å². The first-order valence-electron chi connectivity index (χ1n) is 7.60. The molecular weight excluding hydrogens is 297 g/mol. The smallest absolute Gasteiger partial charge is 0.333 e. The summed E-state index contributed by atoms with van der Waals surface area (Å²) in [5.74, 6) is -0.478. The van der Waals surface area contributed by atoms with Crippen molar-refractivity contribution >= 4 is 11.7 Å². The molecule has 0 fully saturated rings. The van der Waals surface area contributed by atoms with Crippen LogP contribution in [0.2, 0.25) is 0 Å². The topological polar surface area (TPSA) is 49.8 Å². The number of hydrogen-bond acceptors (Lipinski definition) is 4. The fourth-order valence-electron chi connectivity index (χ4n) is 3.00. The highest BCUT2D eigenvalue weighted by atomic mass is 19.1. The summed E-state index contributed by atoms with van der Waals surface area (Å²) in [7, 11) is 0. The van der Waals surface area contributed by atoms with E-state index in [0.29, 0.717) is 19.6 Å². The molecule has 4 nitrogen and oxygen atoms in total. The van der Waals surface area contributed by atoms with Gasteiger partial charge < -0.3 is 14.7 Å². The number of esters is 1. The number of ether oxygens (including phenoxy) is 1. The number of rotatable bonds is 3. The summed E-state index contributed by atoms with van der Waals surface area (Å²) in [5, 5.41) is 9.66. The van der Waals surface area contributed by atoms with Gasteiger partial charge in [-0.1, -0.05) is 6.07 Å². The van der Waals surface area contributed by atoms with E-state index in [0.717, 1.165) is 16.8 Å². The Morgan fingerprint density at radius 2 is 2.04 bits per heavy atom. The zero-order chi connectivity index (χ0) is 16.4. The third kappa shape index (κ3) is 2.99. The monoisotopic (exact) mass is 315 g/mol. The van der Waals surface area contributed by atoms with Crippen molar-refractivity contribution in [1.29, 1.82) is 0 Å². The Morgan fingerprint density at radius 1 is 1.30 bits per heavy atom. The van der Waals surface area contributed by atoms with Crippen molar-refractivity contribution in [3.8, 4) is 5.75 Å². The van der Waals surface area contributed by atoms with Crippen molar-refractivity contribution in [2.45, 2.75) is 19.4 Å². The van der Waals surface area contributed by atoms with Gasteiger partial charge in [-0.3, -0.25) is 0 Å². The van der Waals surface area contributed by atoms with Crippen molar-refractivity contribution in [2.24, 2.45) is 0 Å². The second-order valence-corrected chi connectivity index (χ2v) is 5.46. The van der Waals surface area contributed by atoms with Crippen molar-refractivity contribution in [3.05, 3.63) is 59.4 Å². The molecule has 0 aromatic heterocycles. The molecule has 2 aromatic carbocycles. The molecule has 1 atom stereocenters. The summed E-state index contributed by atoms with van der Waals surface area (Å²) in [4.78, 5) is 14.4. The average Bonchev–Trinajstić information content (AvgIpc) is 2.54. The average molecular weight is 315 g/mol. The molecule has 0 spiro atoms.